The number of thioether (sulfide) groups is 1. The zero-order valence-electron chi connectivity index (χ0n) is 9.33. The summed E-state index contributed by atoms with van der Waals surface area (Å²) in [4.78, 5) is 1.33. The Morgan fingerprint density at radius 1 is 1.20 bits per heavy atom. The van der Waals surface area contributed by atoms with E-state index in [1.807, 2.05) is 0 Å². The zero-order valence-corrected chi connectivity index (χ0v) is 10.1. The fraction of sp³-hybridized carbons (Fsp3) is 0.538. The Labute approximate surface area is 96.7 Å². The quantitative estimate of drug-likeness (QED) is 0.771. The highest BCUT2D eigenvalue weighted by atomic mass is 32.2. The molecule has 15 heavy (non-hydrogen) atoms. The van der Waals surface area contributed by atoms with Gasteiger partial charge in [0.15, 0.2) is 0 Å². The highest BCUT2D eigenvalue weighted by Gasteiger charge is 2.13. The molecule has 2 rings (SSSR count). The summed E-state index contributed by atoms with van der Waals surface area (Å²) in [6, 6.07) is 8.73. The predicted molar refractivity (Wildman–Crippen MR) is 68.7 cm³/mol. The van der Waals surface area contributed by atoms with Gasteiger partial charge in [0.1, 0.15) is 0 Å². The van der Waals surface area contributed by atoms with Gasteiger partial charge in [0.2, 0.25) is 0 Å². The molecule has 0 saturated heterocycles. The van der Waals surface area contributed by atoms with Gasteiger partial charge < -0.3 is 5.32 Å². The van der Waals surface area contributed by atoms with Crippen LogP contribution in [0.15, 0.2) is 29.2 Å². The summed E-state index contributed by atoms with van der Waals surface area (Å²) < 4.78 is 0. The maximum Gasteiger partial charge on any atom is 0.0341 e. The summed E-state index contributed by atoms with van der Waals surface area (Å²) in [5.74, 6) is 0.908. The maximum absolute atomic E-state index is 3.53. The summed E-state index contributed by atoms with van der Waals surface area (Å²) in [5.41, 5.74) is 1.26. The first-order chi connectivity index (χ1) is 7.38. The third kappa shape index (κ3) is 3.16. The second-order valence-corrected chi connectivity index (χ2v) is 5.14. The molecule has 0 bridgehead atoms. The molecule has 82 valence electrons. The fourth-order valence-electron chi connectivity index (χ4n) is 2.19. The lowest BCUT2D eigenvalue weighted by molar-refractivity contribution is 0.580. The largest absolute Gasteiger partial charge is 0.385 e. The van der Waals surface area contributed by atoms with Gasteiger partial charge in [0.25, 0.3) is 0 Å². The van der Waals surface area contributed by atoms with E-state index in [-0.39, 0.29) is 0 Å². The van der Waals surface area contributed by atoms with Gasteiger partial charge >= 0.3 is 0 Å². The van der Waals surface area contributed by atoms with Gasteiger partial charge in [0.05, 0.1) is 0 Å². The molecule has 1 aliphatic rings. The van der Waals surface area contributed by atoms with E-state index in [0.29, 0.717) is 0 Å². The Morgan fingerprint density at radius 2 is 1.87 bits per heavy atom. The van der Waals surface area contributed by atoms with Crippen molar-refractivity contribution in [2.45, 2.75) is 30.6 Å². The smallest absolute Gasteiger partial charge is 0.0341 e. The average molecular weight is 221 g/mol. The van der Waals surface area contributed by atoms with Crippen LogP contribution in [-0.4, -0.2) is 12.8 Å². The minimum absolute atomic E-state index is 0.908. The van der Waals surface area contributed by atoms with Gasteiger partial charge in [-0.05, 0) is 49.3 Å². The molecule has 0 unspecified atom stereocenters. The SMILES string of the molecule is CSc1ccc(NCC2CCCC2)cc1. The Bertz CT molecular complexity index is 288. The van der Waals surface area contributed by atoms with Gasteiger partial charge in [-0.1, -0.05) is 12.8 Å². The number of rotatable bonds is 4. The second-order valence-electron chi connectivity index (χ2n) is 4.26. The van der Waals surface area contributed by atoms with Crippen molar-refractivity contribution in [3.63, 3.8) is 0 Å². The highest BCUT2D eigenvalue weighted by molar-refractivity contribution is 7.98. The van der Waals surface area contributed by atoms with Crippen molar-refractivity contribution < 1.29 is 0 Å². The number of hydrogen-bond acceptors (Lipinski definition) is 2. The zero-order chi connectivity index (χ0) is 10.5. The van der Waals surface area contributed by atoms with Crippen LogP contribution in [0.3, 0.4) is 0 Å². The molecular weight excluding hydrogens is 202 g/mol. The number of benzene rings is 1. The van der Waals surface area contributed by atoms with Crippen molar-refractivity contribution >= 4 is 17.4 Å². The molecule has 0 atom stereocenters. The van der Waals surface area contributed by atoms with Crippen molar-refractivity contribution in [3.8, 4) is 0 Å². The van der Waals surface area contributed by atoms with E-state index in [4.69, 9.17) is 0 Å². The molecule has 0 spiro atoms. The van der Waals surface area contributed by atoms with E-state index in [0.717, 1.165) is 12.5 Å². The van der Waals surface area contributed by atoms with Crippen LogP contribution in [0.25, 0.3) is 0 Å². The van der Waals surface area contributed by atoms with Crippen LogP contribution in [0.2, 0.25) is 0 Å². The molecule has 0 aromatic heterocycles. The van der Waals surface area contributed by atoms with E-state index in [2.05, 4.69) is 35.8 Å². The summed E-state index contributed by atoms with van der Waals surface area (Å²) in [5, 5.41) is 3.53. The number of hydrogen-bond donors (Lipinski definition) is 1. The minimum atomic E-state index is 0.908. The number of nitrogens with one attached hydrogen (secondary N) is 1. The molecule has 1 aromatic carbocycles. The molecule has 2 heteroatoms. The van der Waals surface area contributed by atoms with Gasteiger partial charge in [-0.25, -0.2) is 0 Å². The van der Waals surface area contributed by atoms with Crippen LogP contribution in [0.5, 0.6) is 0 Å². The first-order valence-electron chi connectivity index (χ1n) is 5.76. The van der Waals surface area contributed by atoms with Gasteiger partial charge in [-0.3, -0.25) is 0 Å². The first kappa shape index (κ1) is 10.9. The molecule has 1 fully saturated rings. The monoisotopic (exact) mass is 221 g/mol. The lowest BCUT2D eigenvalue weighted by Crippen LogP contribution is -2.10. The van der Waals surface area contributed by atoms with E-state index in [1.165, 1.54) is 36.3 Å². The maximum atomic E-state index is 3.53. The van der Waals surface area contributed by atoms with Crippen LogP contribution in [-0.2, 0) is 0 Å². The molecule has 0 amide bonds. The Morgan fingerprint density at radius 3 is 2.47 bits per heavy atom. The summed E-state index contributed by atoms with van der Waals surface area (Å²) >= 11 is 1.79. The lowest BCUT2D eigenvalue weighted by Gasteiger charge is -2.11. The van der Waals surface area contributed by atoms with Crippen LogP contribution in [0.1, 0.15) is 25.7 Å². The molecule has 1 aliphatic carbocycles. The van der Waals surface area contributed by atoms with Crippen LogP contribution in [0, 0.1) is 5.92 Å². The second kappa shape index (κ2) is 5.45. The summed E-state index contributed by atoms with van der Waals surface area (Å²) in [7, 11) is 0. The first-order valence-corrected chi connectivity index (χ1v) is 6.99. The fourth-order valence-corrected chi connectivity index (χ4v) is 2.59. The highest BCUT2D eigenvalue weighted by Crippen LogP contribution is 2.25. The van der Waals surface area contributed by atoms with Crippen molar-refractivity contribution in [2.75, 3.05) is 18.1 Å². The molecule has 0 radical (unpaired) electrons. The van der Waals surface area contributed by atoms with Crippen LogP contribution in [0.4, 0.5) is 5.69 Å². The Hall–Kier alpha value is -0.630. The molecule has 1 aromatic rings. The predicted octanol–water partition coefficient (Wildman–Crippen LogP) is 4.01. The molecule has 0 aliphatic heterocycles. The third-order valence-corrected chi connectivity index (χ3v) is 3.90. The lowest BCUT2D eigenvalue weighted by atomic mass is 10.1. The third-order valence-electron chi connectivity index (χ3n) is 3.16. The van der Waals surface area contributed by atoms with Crippen LogP contribution >= 0.6 is 11.8 Å². The molecule has 1 nitrogen and oxygen atoms in total. The topological polar surface area (TPSA) is 12.0 Å². The normalized spacial score (nSPS) is 16.9. The van der Waals surface area contributed by atoms with Crippen molar-refractivity contribution in [1.29, 1.82) is 0 Å². The Balaban J connectivity index is 1.82. The van der Waals surface area contributed by atoms with Crippen molar-refractivity contribution in [3.05, 3.63) is 24.3 Å². The standard InChI is InChI=1S/C13H19NS/c1-15-13-8-6-12(7-9-13)14-10-11-4-2-3-5-11/h6-9,11,14H,2-5,10H2,1H3. The molecular formula is C13H19NS. The number of anilines is 1. The average Bonchev–Trinajstić information content (AvgIpc) is 2.80. The molecule has 1 N–H and O–H groups in total. The molecule has 1 saturated carbocycles. The van der Waals surface area contributed by atoms with E-state index in [1.54, 1.807) is 11.8 Å². The Kier molecular flexibility index (Phi) is 3.95. The van der Waals surface area contributed by atoms with E-state index >= 15 is 0 Å². The van der Waals surface area contributed by atoms with Gasteiger partial charge in [0, 0.05) is 17.1 Å². The van der Waals surface area contributed by atoms with E-state index < -0.39 is 0 Å². The van der Waals surface area contributed by atoms with Gasteiger partial charge in [-0.2, -0.15) is 0 Å². The van der Waals surface area contributed by atoms with E-state index in [9.17, 15) is 0 Å². The summed E-state index contributed by atoms with van der Waals surface area (Å²) in [6.07, 6.45) is 7.79. The van der Waals surface area contributed by atoms with Crippen LogP contribution < -0.4 is 5.32 Å². The molecule has 0 heterocycles. The van der Waals surface area contributed by atoms with Crippen molar-refractivity contribution in [2.24, 2.45) is 5.92 Å². The summed E-state index contributed by atoms with van der Waals surface area (Å²) in [6.45, 7) is 1.15. The van der Waals surface area contributed by atoms with Crippen molar-refractivity contribution in [1.82, 2.24) is 0 Å². The minimum Gasteiger partial charge on any atom is -0.385 e. The van der Waals surface area contributed by atoms with Gasteiger partial charge in [-0.15, -0.1) is 11.8 Å².